The summed E-state index contributed by atoms with van der Waals surface area (Å²) in [4.78, 5) is 25.4. The summed E-state index contributed by atoms with van der Waals surface area (Å²) >= 11 is 0. The Hall–Kier alpha value is -3.19. The van der Waals surface area contributed by atoms with Crippen molar-refractivity contribution in [1.82, 2.24) is 19.4 Å². The molecule has 12 heteroatoms. The molecule has 4 N–H and O–H groups in total. The van der Waals surface area contributed by atoms with Crippen LogP contribution < -0.4 is 20.3 Å². The maximum atomic E-state index is 12.5. The van der Waals surface area contributed by atoms with Crippen LogP contribution in [0.4, 0.5) is 10.5 Å². The van der Waals surface area contributed by atoms with Crippen LogP contribution in [0.5, 0.6) is 11.5 Å². The molecule has 0 radical (unpaired) electrons. The van der Waals surface area contributed by atoms with E-state index in [1.807, 2.05) is 30.3 Å². The molecule has 2 aromatic rings. The number of hydroxylamine groups is 1. The van der Waals surface area contributed by atoms with Gasteiger partial charge in [0.15, 0.2) is 0 Å². The van der Waals surface area contributed by atoms with Crippen LogP contribution in [0.1, 0.15) is 6.92 Å². The number of piperazine rings is 1. The first-order valence-corrected chi connectivity index (χ1v) is 11.3. The Morgan fingerprint density at radius 2 is 1.56 bits per heavy atom. The zero-order valence-corrected chi connectivity index (χ0v) is 18.2. The van der Waals surface area contributed by atoms with Gasteiger partial charge in [-0.05, 0) is 43.3 Å². The van der Waals surface area contributed by atoms with E-state index < -0.39 is 22.2 Å². The van der Waals surface area contributed by atoms with E-state index >= 15 is 0 Å². The molecule has 172 valence electrons. The normalized spacial score (nSPS) is 15.6. The van der Waals surface area contributed by atoms with Crippen molar-refractivity contribution < 1.29 is 28.0 Å². The molecule has 1 heterocycles. The summed E-state index contributed by atoms with van der Waals surface area (Å²) in [6.45, 7) is 1.81. The van der Waals surface area contributed by atoms with Gasteiger partial charge < -0.3 is 15.0 Å². The SMILES string of the molecule is CC(NS(=O)(=O)N1CCN(C(=O)Nc2ccc(Oc3ccccc3)cc2)CC1)C(=O)NO. The largest absolute Gasteiger partial charge is 0.457 e. The van der Waals surface area contributed by atoms with Gasteiger partial charge in [-0.1, -0.05) is 18.2 Å². The summed E-state index contributed by atoms with van der Waals surface area (Å²) in [6.07, 6.45) is 0. The Labute approximate surface area is 186 Å². The van der Waals surface area contributed by atoms with Gasteiger partial charge in [0, 0.05) is 31.9 Å². The molecule has 0 aliphatic carbocycles. The molecule has 2 aromatic carbocycles. The average Bonchev–Trinajstić information content (AvgIpc) is 2.80. The average molecular weight is 464 g/mol. The monoisotopic (exact) mass is 463 g/mol. The van der Waals surface area contributed by atoms with Crippen LogP contribution >= 0.6 is 0 Å². The molecule has 0 bridgehead atoms. The van der Waals surface area contributed by atoms with E-state index in [4.69, 9.17) is 9.94 Å². The number of carbonyl (C=O) groups excluding carboxylic acids is 2. The molecule has 3 amide bonds. The highest BCUT2D eigenvalue weighted by molar-refractivity contribution is 7.87. The van der Waals surface area contributed by atoms with Crippen molar-refractivity contribution in [3.8, 4) is 11.5 Å². The van der Waals surface area contributed by atoms with Crippen LogP contribution in [-0.4, -0.2) is 67.0 Å². The van der Waals surface area contributed by atoms with E-state index in [9.17, 15) is 18.0 Å². The molecule has 0 aromatic heterocycles. The Kier molecular flexibility index (Phi) is 7.64. The van der Waals surface area contributed by atoms with Crippen molar-refractivity contribution in [3.05, 3.63) is 54.6 Å². The van der Waals surface area contributed by atoms with Gasteiger partial charge in [-0.25, -0.2) is 10.3 Å². The zero-order chi connectivity index (χ0) is 23.1. The predicted octanol–water partition coefficient (Wildman–Crippen LogP) is 1.36. The lowest BCUT2D eigenvalue weighted by molar-refractivity contribution is -0.130. The highest BCUT2D eigenvalue weighted by Crippen LogP contribution is 2.23. The molecule has 1 aliphatic heterocycles. The van der Waals surface area contributed by atoms with Crippen LogP contribution in [0.25, 0.3) is 0 Å². The first kappa shape index (κ1) is 23.5. The number of para-hydroxylation sites is 1. The quantitative estimate of drug-likeness (QED) is 0.361. The number of anilines is 1. The molecular weight excluding hydrogens is 438 g/mol. The third-order valence-corrected chi connectivity index (χ3v) is 6.48. The number of rotatable bonds is 7. The minimum Gasteiger partial charge on any atom is -0.457 e. The van der Waals surface area contributed by atoms with Crippen LogP contribution in [0, 0.1) is 0 Å². The van der Waals surface area contributed by atoms with Gasteiger partial charge >= 0.3 is 6.03 Å². The lowest BCUT2D eigenvalue weighted by Crippen LogP contribution is -2.56. The number of amides is 3. The summed E-state index contributed by atoms with van der Waals surface area (Å²) in [5, 5.41) is 11.4. The number of urea groups is 1. The summed E-state index contributed by atoms with van der Waals surface area (Å²) in [5.41, 5.74) is 1.98. The standard InChI is InChI=1S/C20H25N5O6S/c1-15(19(26)22-28)23-32(29,30)25-13-11-24(12-14-25)20(27)21-16-7-9-18(10-8-16)31-17-5-3-2-4-6-17/h2-10,15,23,28H,11-14H2,1H3,(H,21,27)(H,22,26). The summed E-state index contributed by atoms with van der Waals surface area (Å²) < 4.78 is 33.8. The van der Waals surface area contributed by atoms with Gasteiger partial charge in [0.25, 0.3) is 16.1 Å². The van der Waals surface area contributed by atoms with Crippen LogP contribution in [0.3, 0.4) is 0 Å². The van der Waals surface area contributed by atoms with Crippen LogP contribution in [0.2, 0.25) is 0 Å². The van der Waals surface area contributed by atoms with Crippen molar-refractivity contribution in [3.63, 3.8) is 0 Å². The van der Waals surface area contributed by atoms with E-state index in [0.29, 0.717) is 17.2 Å². The topological polar surface area (TPSA) is 140 Å². The number of hydrogen-bond donors (Lipinski definition) is 4. The van der Waals surface area contributed by atoms with Crippen molar-refractivity contribution >= 4 is 27.8 Å². The van der Waals surface area contributed by atoms with E-state index in [1.165, 1.54) is 17.3 Å². The Bertz CT molecular complexity index is 1020. The number of nitrogens with zero attached hydrogens (tertiary/aromatic N) is 2. The second-order valence-corrected chi connectivity index (χ2v) is 8.78. The van der Waals surface area contributed by atoms with Gasteiger partial charge in [-0.2, -0.15) is 17.4 Å². The zero-order valence-electron chi connectivity index (χ0n) is 17.4. The van der Waals surface area contributed by atoms with Gasteiger partial charge in [-0.15, -0.1) is 0 Å². The fourth-order valence-corrected chi connectivity index (χ4v) is 4.36. The molecule has 0 spiro atoms. The van der Waals surface area contributed by atoms with Gasteiger partial charge in [0.05, 0.1) is 0 Å². The maximum Gasteiger partial charge on any atom is 0.321 e. The first-order chi connectivity index (χ1) is 15.3. The highest BCUT2D eigenvalue weighted by Gasteiger charge is 2.31. The predicted molar refractivity (Wildman–Crippen MR) is 117 cm³/mol. The minimum absolute atomic E-state index is 0.0695. The molecule has 1 aliphatic rings. The summed E-state index contributed by atoms with van der Waals surface area (Å²) in [7, 11) is -3.94. The molecule has 0 saturated carbocycles. The first-order valence-electron chi connectivity index (χ1n) is 9.89. The third kappa shape index (κ3) is 6.17. The van der Waals surface area contributed by atoms with E-state index in [2.05, 4.69) is 10.0 Å². The van der Waals surface area contributed by atoms with E-state index in [-0.39, 0.29) is 32.2 Å². The smallest absolute Gasteiger partial charge is 0.321 e. The molecule has 1 fully saturated rings. The number of nitrogens with one attached hydrogen (secondary N) is 3. The highest BCUT2D eigenvalue weighted by atomic mass is 32.2. The van der Waals surface area contributed by atoms with Crippen molar-refractivity contribution in [2.24, 2.45) is 0 Å². The number of hydrogen-bond acceptors (Lipinski definition) is 6. The minimum atomic E-state index is -3.94. The molecule has 1 saturated heterocycles. The number of ether oxygens (including phenoxy) is 1. The third-order valence-electron chi connectivity index (χ3n) is 4.78. The van der Waals surface area contributed by atoms with Gasteiger partial charge in [0.1, 0.15) is 17.5 Å². The number of carbonyl (C=O) groups is 2. The van der Waals surface area contributed by atoms with Crippen molar-refractivity contribution in [2.45, 2.75) is 13.0 Å². The molecule has 3 rings (SSSR count). The Morgan fingerprint density at radius 1 is 0.969 bits per heavy atom. The fraction of sp³-hybridized carbons (Fsp3) is 0.300. The van der Waals surface area contributed by atoms with Crippen molar-refractivity contribution in [1.29, 1.82) is 0 Å². The summed E-state index contributed by atoms with van der Waals surface area (Å²) in [5.74, 6) is 0.467. The van der Waals surface area contributed by atoms with E-state index in [1.54, 1.807) is 24.3 Å². The van der Waals surface area contributed by atoms with Crippen LogP contribution in [0.15, 0.2) is 54.6 Å². The Balaban J connectivity index is 1.49. The molecule has 1 unspecified atom stereocenters. The second-order valence-electron chi connectivity index (χ2n) is 7.08. The molecular formula is C20H25N5O6S. The van der Waals surface area contributed by atoms with Gasteiger partial charge in [-0.3, -0.25) is 10.0 Å². The van der Waals surface area contributed by atoms with E-state index in [0.717, 1.165) is 4.31 Å². The molecule has 32 heavy (non-hydrogen) atoms. The number of benzene rings is 2. The molecule has 1 atom stereocenters. The van der Waals surface area contributed by atoms with Gasteiger partial charge in [0.2, 0.25) is 0 Å². The summed E-state index contributed by atoms with van der Waals surface area (Å²) in [6, 6.07) is 14.7. The lowest BCUT2D eigenvalue weighted by Gasteiger charge is -2.34. The fourth-order valence-electron chi connectivity index (χ4n) is 3.01. The molecule has 11 nitrogen and oxygen atoms in total. The van der Waals surface area contributed by atoms with Crippen molar-refractivity contribution in [2.75, 3.05) is 31.5 Å². The second kappa shape index (κ2) is 10.4. The Morgan fingerprint density at radius 3 is 2.16 bits per heavy atom. The lowest BCUT2D eigenvalue weighted by atomic mass is 10.3. The maximum absolute atomic E-state index is 12.5. The van der Waals surface area contributed by atoms with Crippen LogP contribution in [-0.2, 0) is 15.0 Å².